The summed E-state index contributed by atoms with van der Waals surface area (Å²) in [5.74, 6) is 0. The van der Waals surface area contributed by atoms with Crippen LogP contribution in [0.4, 0.5) is 0 Å². The van der Waals surface area contributed by atoms with Crippen molar-refractivity contribution in [3.05, 3.63) is 41.8 Å². The molecule has 0 fully saturated rings. The van der Waals surface area contributed by atoms with E-state index in [-0.39, 0.29) is 0 Å². The van der Waals surface area contributed by atoms with E-state index in [1.807, 2.05) is 40.9 Å². The maximum absolute atomic E-state index is 2.18. The van der Waals surface area contributed by atoms with E-state index in [2.05, 4.69) is 42.0 Å². The number of hydrogen-bond donors (Lipinski definition) is 0. The summed E-state index contributed by atoms with van der Waals surface area (Å²) in [7, 11) is 0. The smallest absolute Gasteiger partial charge is 0.0782 e. The summed E-state index contributed by atoms with van der Waals surface area (Å²) in [6.45, 7) is 0. The topological polar surface area (TPSA) is 0 Å². The zero-order valence-corrected chi connectivity index (χ0v) is 10.2. The van der Waals surface area contributed by atoms with E-state index in [0.717, 1.165) is 0 Å². The van der Waals surface area contributed by atoms with Gasteiger partial charge in [-0.05, 0) is 29.8 Å². The lowest BCUT2D eigenvalue weighted by molar-refractivity contribution is 1.38. The molecule has 0 N–H and O–H groups in total. The maximum atomic E-state index is 2.18. The predicted octanol–water partition coefficient (Wildman–Crippen LogP) is 4.62. The van der Waals surface area contributed by atoms with Gasteiger partial charge in [0.15, 0.2) is 0 Å². The van der Waals surface area contributed by atoms with Crippen LogP contribution in [0.1, 0.15) is 0 Å². The molecule has 0 radical (unpaired) electrons. The van der Waals surface area contributed by atoms with Gasteiger partial charge in [-0.25, -0.2) is 0 Å². The molecule has 0 nitrogen and oxygen atoms in total. The zero-order valence-electron chi connectivity index (χ0n) is 7.77. The van der Waals surface area contributed by atoms with Crippen molar-refractivity contribution >= 4 is 34.9 Å². The molecular formula is C11H10S3. The normalized spacial score (nSPS) is 10.4. The summed E-state index contributed by atoms with van der Waals surface area (Å²) in [5, 5.41) is 2.15. The van der Waals surface area contributed by atoms with Crippen molar-refractivity contribution in [1.82, 2.24) is 0 Å². The fourth-order valence-corrected chi connectivity index (χ4v) is 4.17. The minimum Gasteiger partial charge on any atom is -0.136 e. The van der Waals surface area contributed by atoms with Crippen LogP contribution < -0.4 is 0 Å². The molecule has 2 rings (SSSR count). The maximum Gasteiger partial charge on any atom is 0.0782 e. The van der Waals surface area contributed by atoms with Gasteiger partial charge in [0, 0.05) is 9.79 Å². The van der Waals surface area contributed by atoms with Gasteiger partial charge in [-0.15, -0.1) is 23.1 Å². The molecule has 3 heteroatoms. The third-order valence-corrected chi connectivity index (χ3v) is 4.97. The van der Waals surface area contributed by atoms with Crippen LogP contribution in [0.15, 0.2) is 55.8 Å². The Hall–Kier alpha value is -0.380. The highest BCUT2D eigenvalue weighted by atomic mass is 32.2. The van der Waals surface area contributed by atoms with Gasteiger partial charge >= 0.3 is 0 Å². The van der Waals surface area contributed by atoms with Crippen LogP contribution in [-0.4, -0.2) is 6.26 Å². The number of rotatable bonds is 3. The monoisotopic (exact) mass is 238 g/mol. The summed E-state index contributed by atoms with van der Waals surface area (Å²) in [5.41, 5.74) is 0. The minimum absolute atomic E-state index is 1.31. The lowest BCUT2D eigenvalue weighted by atomic mass is 10.4. The second-order valence-electron chi connectivity index (χ2n) is 2.69. The Morgan fingerprint density at radius 2 is 1.86 bits per heavy atom. The summed E-state index contributed by atoms with van der Waals surface area (Å²) >= 11 is 5.47. The average Bonchev–Trinajstić information content (AvgIpc) is 2.67. The van der Waals surface area contributed by atoms with E-state index in [1.165, 1.54) is 14.0 Å². The van der Waals surface area contributed by atoms with Crippen molar-refractivity contribution in [2.75, 3.05) is 6.26 Å². The Kier molecular flexibility index (Phi) is 3.56. The molecule has 14 heavy (non-hydrogen) atoms. The number of benzene rings is 1. The zero-order chi connectivity index (χ0) is 9.80. The van der Waals surface area contributed by atoms with E-state index >= 15 is 0 Å². The van der Waals surface area contributed by atoms with Crippen molar-refractivity contribution in [2.45, 2.75) is 14.0 Å². The van der Waals surface area contributed by atoms with E-state index in [4.69, 9.17) is 0 Å². The molecule has 0 saturated carbocycles. The second-order valence-corrected chi connectivity index (χ2v) is 5.80. The Morgan fingerprint density at radius 3 is 2.57 bits per heavy atom. The first-order valence-electron chi connectivity index (χ1n) is 4.24. The molecule has 0 bridgehead atoms. The van der Waals surface area contributed by atoms with Crippen LogP contribution in [0.2, 0.25) is 0 Å². The quantitative estimate of drug-likeness (QED) is 0.716. The Balaban J connectivity index is 2.19. The molecule has 0 aliphatic heterocycles. The van der Waals surface area contributed by atoms with E-state index in [1.54, 1.807) is 0 Å². The minimum atomic E-state index is 1.31. The second kappa shape index (κ2) is 4.91. The first-order chi connectivity index (χ1) is 6.90. The van der Waals surface area contributed by atoms with Crippen LogP contribution in [-0.2, 0) is 0 Å². The van der Waals surface area contributed by atoms with E-state index in [0.29, 0.717) is 0 Å². The predicted molar refractivity (Wildman–Crippen MR) is 66.7 cm³/mol. The molecule has 0 spiro atoms. The van der Waals surface area contributed by atoms with Gasteiger partial charge in [0.2, 0.25) is 0 Å². The molecule has 0 amide bonds. The van der Waals surface area contributed by atoms with Crippen LogP contribution in [0.3, 0.4) is 0 Å². The standard InChI is InChI=1S/C11H10S3/c1-12-10-7-8-13-11(10)14-9-5-3-2-4-6-9/h2-8H,1H3. The summed E-state index contributed by atoms with van der Waals surface area (Å²) in [4.78, 5) is 2.69. The van der Waals surface area contributed by atoms with Crippen LogP contribution in [0, 0.1) is 0 Å². The third kappa shape index (κ3) is 2.35. The molecule has 0 atom stereocenters. The molecule has 1 aromatic heterocycles. The molecular weight excluding hydrogens is 228 g/mol. The van der Waals surface area contributed by atoms with Crippen molar-refractivity contribution in [1.29, 1.82) is 0 Å². The molecule has 2 aromatic rings. The van der Waals surface area contributed by atoms with Gasteiger partial charge in [0.25, 0.3) is 0 Å². The Bertz CT molecular complexity index is 392. The first kappa shape index (κ1) is 10.1. The van der Waals surface area contributed by atoms with Gasteiger partial charge in [0.05, 0.1) is 4.21 Å². The lowest BCUT2D eigenvalue weighted by Crippen LogP contribution is -1.69. The van der Waals surface area contributed by atoms with E-state index < -0.39 is 0 Å². The van der Waals surface area contributed by atoms with Gasteiger partial charge in [-0.1, -0.05) is 30.0 Å². The highest BCUT2D eigenvalue weighted by Crippen LogP contribution is 2.38. The van der Waals surface area contributed by atoms with Crippen molar-refractivity contribution in [3.8, 4) is 0 Å². The molecule has 0 aliphatic carbocycles. The third-order valence-electron chi connectivity index (χ3n) is 1.77. The molecule has 0 saturated heterocycles. The van der Waals surface area contributed by atoms with Crippen molar-refractivity contribution < 1.29 is 0 Å². The van der Waals surface area contributed by atoms with Crippen molar-refractivity contribution in [2.24, 2.45) is 0 Å². The molecule has 1 aromatic carbocycles. The van der Waals surface area contributed by atoms with Crippen LogP contribution in [0.25, 0.3) is 0 Å². The summed E-state index contributed by atoms with van der Waals surface area (Å²) in [6.07, 6.45) is 2.12. The van der Waals surface area contributed by atoms with Gasteiger partial charge in [-0.2, -0.15) is 0 Å². The molecule has 0 aliphatic rings. The molecule has 1 heterocycles. The number of hydrogen-bond acceptors (Lipinski definition) is 3. The number of thiophene rings is 1. The fourth-order valence-electron chi connectivity index (χ4n) is 1.11. The Labute approximate surface area is 96.7 Å². The average molecular weight is 238 g/mol. The Morgan fingerprint density at radius 1 is 1.07 bits per heavy atom. The summed E-state index contributed by atoms with van der Waals surface area (Å²) < 4.78 is 1.39. The largest absolute Gasteiger partial charge is 0.136 e. The summed E-state index contributed by atoms with van der Waals surface area (Å²) in [6, 6.07) is 12.7. The van der Waals surface area contributed by atoms with Crippen LogP contribution >= 0.6 is 34.9 Å². The SMILES string of the molecule is CSc1ccsc1Sc1ccccc1. The highest BCUT2D eigenvalue weighted by Gasteiger charge is 2.04. The lowest BCUT2D eigenvalue weighted by Gasteiger charge is -2.00. The molecule has 72 valence electrons. The molecule has 0 unspecified atom stereocenters. The van der Waals surface area contributed by atoms with Gasteiger partial charge in [-0.3, -0.25) is 0 Å². The van der Waals surface area contributed by atoms with E-state index in [9.17, 15) is 0 Å². The number of thioether (sulfide) groups is 1. The van der Waals surface area contributed by atoms with Gasteiger partial charge in [0.1, 0.15) is 0 Å². The first-order valence-corrected chi connectivity index (χ1v) is 7.16. The van der Waals surface area contributed by atoms with Gasteiger partial charge < -0.3 is 0 Å². The van der Waals surface area contributed by atoms with Crippen molar-refractivity contribution in [3.63, 3.8) is 0 Å². The van der Waals surface area contributed by atoms with Crippen LogP contribution in [0.5, 0.6) is 0 Å². The fraction of sp³-hybridized carbons (Fsp3) is 0.0909. The highest BCUT2D eigenvalue weighted by molar-refractivity contribution is 8.03.